The Labute approximate surface area is 257 Å². The highest BCUT2D eigenvalue weighted by Gasteiger charge is 2.33. The van der Waals surface area contributed by atoms with E-state index in [4.69, 9.17) is 19.3 Å². The van der Waals surface area contributed by atoms with Crippen molar-refractivity contribution in [3.8, 4) is 11.5 Å². The fourth-order valence-corrected chi connectivity index (χ4v) is 5.82. The number of esters is 1. The van der Waals surface area contributed by atoms with Gasteiger partial charge in [-0.05, 0) is 61.4 Å². The summed E-state index contributed by atoms with van der Waals surface area (Å²) in [6, 6.07) is 20.2. The van der Waals surface area contributed by atoms with Crippen LogP contribution in [0.15, 0.2) is 107 Å². The smallest absolute Gasteiger partial charge is 0.338 e. The number of ether oxygens (including phenoxy) is 3. The standard InChI is InChI=1S/C34H30N2O7S/c1-4-18-42-26-16-14-23(15-17-26)30-29(33(40)41-5-2)21(3)35-34-36(30)31(37)28(44-34)19-25-8-6-7-9-27(25)43-20-22-10-12-24(13-11-22)32(38)39/h4,6-17,19,30H,1,5,18,20H2,2-3H3,(H,38,39)/b28-19-/t30-/m0/s1. The highest BCUT2D eigenvalue weighted by atomic mass is 32.1. The average molecular weight is 611 g/mol. The predicted molar refractivity (Wildman–Crippen MR) is 167 cm³/mol. The highest BCUT2D eigenvalue weighted by Crippen LogP contribution is 2.31. The van der Waals surface area contributed by atoms with Gasteiger partial charge in [-0.15, -0.1) is 0 Å². The number of para-hydroxylation sites is 1. The van der Waals surface area contributed by atoms with Crippen LogP contribution in [-0.2, 0) is 16.1 Å². The lowest BCUT2D eigenvalue weighted by Crippen LogP contribution is -2.39. The first-order chi connectivity index (χ1) is 21.3. The van der Waals surface area contributed by atoms with E-state index in [1.54, 1.807) is 56.3 Å². The van der Waals surface area contributed by atoms with E-state index in [1.165, 1.54) is 28.0 Å². The molecule has 1 atom stereocenters. The van der Waals surface area contributed by atoms with E-state index in [2.05, 4.69) is 11.6 Å². The number of hydrogen-bond donors (Lipinski definition) is 1. The maximum Gasteiger partial charge on any atom is 0.338 e. The van der Waals surface area contributed by atoms with Crippen molar-refractivity contribution in [3.05, 3.63) is 139 Å². The molecule has 1 aliphatic rings. The van der Waals surface area contributed by atoms with Crippen LogP contribution in [0.5, 0.6) is 11.5 Å². The SMILES string of the molecule is C=CCOc1ccc([C@H]2C(C(=O)OCC)=C(C)N=c3s/c(=C\c4ccccc4OCc4ccc(C(=O)O)cc4)c(=O)n32)cc1. The van der Waals surface area contributed by atoms with Crippen LogP contribution in [0.1, 0.15) is 46.9 Å². The molecular weight excluding hydrogens is 580 g/mol. The third kappa shape index (κ3) is 6.40. The number of carboxylic acids is 1. The number of benzene rings is 3. The van der Waals surface area contributed by atoms with Crippen LogP contribution in [-0.4, -0.2) is 34.8 Å². The molecule has 9 nitrogen and oxygen atoms in total. The van der Waals surface area contributed by atoms with Gasteiger partial charge in [0.25, 0.3) is 5.56 Å². The van der Waals surface area contributed by atoms with Gasteiger partial charge in [0.05, 0.1) is 34.0 Å². The first-order valence-corrected chi connectivity index (χ1v) is 14.7. The summed E-state index contributed by atoms with van der Waals surface area (Å²) in [5.74, 6) is -0.342. The Morgan fingerprint density at radius 2 is 1.77 bits per heavy atom. The van der Waals surface area contributed by atoms with Gasteiger partial charge >= 0.3 is 11.9 Å². The van der Waals surface area contributed by atoms with Crippen LogP contribution >= 0.6 is 11.3 Å². The number of thiazole rings is 1. The van der Waals surface area contributed by atoms with E-state index in [0.717, 1.165) is 5.56 Å². The Morgan fingerprint density at radius 3 is 2.45 bits per heavy atom. The number of rotatable bonds is 11. The Hall–Kier alpha value is -5.22. The molecule has 0 unspecified atom stereocenters. The number of aromatic carboxylic acids is 1. The second kappa shape index (κ2) is 13.4. The number of hydrogen-bond acceptors (Lipinski definition) is 8. The zero-order valence-electron chi connectivity index (χ0n) is 24.2. The van der Waals surface area contributed by atoms with E-state index < -0.39 is 18.0 Å². The molecule has 0 fully saturated rings. The van der Waals surface area contributed by atoms with Gasteiger partial charge in [-0.1, -0.05) is 66.5 Å². The van der Waals surface area contributed by atoms with Crippen LogP contribution in [0, 0.1) is 0 Å². The number of nitrogens with zero attached hydrogens (tertiary/aromatic N) is 2. The zero-order chi connectivity index (χ0) is 31.2. The summed E-state index contributed by atoms with van der Waals surface area (Å²) in [5, 5.41) is 9.14. The topological polar surface area (TPSA) is 116 Å². The molecule has 1 aromatic heterocycles. The van der Waals surface area contributed by atoms with Gasteiger partial charge in [0, 0.05) is 5.56 Å². The molecule has 2 heterocycles. The predicted octanol–water partition coefficient (Wildman–Crippen LogP) is 4.64. The van der Waals surface area contributed by atoms with Gasteiger partial charge in [-0.2, -0.15) is 0 Å². The van der Waals surface area contributed by atoms with Crippen molar-refractivity contribution in [2.75, 3.05) is 13.2 Å². The number of aromatic nitrogens is 1. The molecule has 0 spiro atoms. The molecule has 3 aromatic carbocycles. The zero-order valence-corrected chi connectivity index (χ0v) is 25.0. The van der Waals surface area contributed by atoms with E-state index in [-0.39, 0.29) is 24.3 Å². The number of carboxylic acid groups (broad SMARTS) is 1. The van der Waals surface area contributed by atoms with Gasteiger partial charge in [-0.3, -0.25) is 9.36 Å². The summed E-state index contributed by atoms with van der Waals surface area (Å²) in [7, 11) is 0. The van der Waals surface area contributed by atoms with Crippen molar-refractivity contribution in [2.24, 2.45) is 4.99 Å². The molecule has 0 saturated heterocycles. The summed E-state index contributed by atoms with van der Waals surface area (Å²) in [4.78, 5) is 43.4. The van der Waals surface area contributed by atoms with Crippen molar-refractivity contribution in [2.45, 2.75) is 26.5 Å². The first kappa shape index (κ1) is 30.2. The second-order valence-electron chi connectivity index (χ2n) is 9.80. The van der Waals surface area contributed by atoms with Crippen molar-refractivity contribution in [1.29, 1.82) is 0 Å². The molecule has 0 radical (unpaired) electrons. The second-order valence-corrected chi connectivity index (χ2v) is 10.8. The molecule has 10 heteroatoms. The van der Waals surface area contributed by atoms with Crippen molar-refractivity contribution < 1.29 is 28.9 Å². The van der Waals surface area contributed by atoms with Gasteiger partial charge in [-0.25, -0.2) is 14.6 Å². The quantitative estimate of drug-likeness (QED) is 0.194. The minimum absolute atomic E-state index is 0.182. The Kier molecular flexibility index (Phi) is 9.20. The summed E-state index contributed by atoms with van der Waals surface area (Å²) >= 11 is 1.22. The maximum atomic E-state index is 14.0. The van der Waals surface area contributed by atoms with Gasteiger partial charge in [0.2, 0.25) is 0 Å². The molecule has 4 aromatic rings. The van der Waals surface area contributed by atoms with Crippen molar-refractivity contribution in [1.82, 2.24) is 4.57 Å². The molecule has 5 rings (SSSR count). The number of fused-ring (bicyclic) bond motifs is 1. The molecule has 0 aliphatic carbocycles. The fourth-order valence-electron chi connectivity index (χ4n) is 4.79. The van der Waals surface area contributed by atoms with Crippen molar-refractivity contribution in [3.63, 3.8) is 0 Å². The van der Waals surface area contributed by atoms with Crippen molar-refractivity contribution >= 4 is 29.4 Å². The van der Waals surface area contributed by atoms with Gasteiger partial charge < -0.3 is 19.3 Å². The molecule has 1 aliphatic heterocycles. The van der Waals surface area contributed by atoms with E-state index >= 15 is 0 Å². The first-order valence-electron chi connectivity index (χ1n) is 13.9. The average Bonchev–Trinajstić information content (AvgIpc) is 3.33. The van der Waals surface area contributed by atoms with Crippen LogP contribution in [0.25, 0.3) is 6.08 Å². The molecule has 0 bridgehead atoms. The molecule has 224 valence electrons. The molecule has 0 saturated carbocycles. The fraction of sp³-hybridized carbons (Fsp3) is 0.176. The van der Waals surface area contributed by atoms with Crippen LogP contribution < -0.4 is 24.4 Å². The van der Waals surface area contributed by atoms with Crippen LogP contribution in [0.4, 0.5) is 0 Å². The minimum atomic E-state index is -0.995. The lowest BCUT2D eigenvalue weighted by molar-refractivity contribution is -0.139. The Balaban J connectivity index is 1.54. The Morgan fingerprint density at radius 1 is 1.05 bits per heavy atom. The summed E-state index contributed by atoms with van der Waals surface area (Å²) in [6.07, 6.45) is 3.40. The molecule has 0 amide bonds. The third-order valence-corrected chi connectivity index (χ3v) is 7.86. The number of allylic oxidation sites excluding steroid dienone is 1. The van der Waals surface area contributed by atoms with Gasteiger partial charge in [0.15, 0.2) is 4.80 Å². The minimum Gasteiger partial charge on any atom is -0.490 e. The summed E-state index contributed by atoms with van der Waals surface area (Å²) in [5.41, 5.74) is 2.85. The molecule has 1 N–H and O–H groups in total. The largest absolute Gasteiger partial charge is 0.490 e. The third-order valence-electron chi connectivity index (χ3n) is 6.88. The normalized spacial score (nSPS) is 14.4. The van der Waals surface area contributed by atoms with E-state index in [1.807, 2.05) is 30.3 Å². The summed E-state index contributed by atoms with van der Waals surface area (Å²) < 4.78 is 19.0. The summed E-state index contributed by atoms with van der Waals surface area (Å²) in [6.45, 7) is 7.88. The van der Waals surface area contributed by atoms with Crippen LogP contribution in [0.2, 0.25) is 0 Å². The highest BCUT2D eigenvalue weighted by molar-refractivity contribution is 7.07. The molecule has 44 heavy (non-hydrogen) atoms. The lowest BCUT2D eigenvalue weighted by atomic mass is 9.96. The van der Waals surface area contributed by atoms with E-state index in [0.29, 0.717) is 49.8 Å². The Bertz CT molecular complexity index is 1920. The molecular formula is C34H30N2O7S. The lowest BCUT2D eigenvalue weighted by Gasteiger charge is -2.24. The maximum absolute atomic E-state index is 14.0. The monoisotopic (exact) mass is 610 g/mol. The van der Waals surface area contributed by atoms with E-state index in [9.17, 15) is 14.4 Å². The number of carbonyl (C=O) groups is 2. The van der Waals surface area contributed by atoms with Gasteiger partial charge in [0.1, 0.15) is 24.7 Å². The number of carbonyl (C=O) groups excluding carboxylic acids is 1. The van der Waals surface area contributed by atoms with Crippen LogP contribution in [0.3, 0.4) is 0 Å².